The Morgan fingerprint density at radius 3 is 2.42 bits per heavy atom. The molecule has 0 N–H and O–H groups in total. The van der Waals surface area contributed by atoms with Gasteiger partial charge in [-0.3, -0.25) is 0 Å². The Balaban J connectivity index is 1.60. The summed E-state index contributed by atoms with van der Waals surface area (Å²) in [5, 5.41) is 2.74. The average Bonchev–Trinajstić information content (AvgIpc) is 3.09. The van der Waals surface area contributed by atoms with Gasteiger partial charge in [0.1, 0.15) is 11.6 Å². The van der Waals surface area contributed by atoms with Gasteiger partial charge in [0.2, 0.25) is 0 Å². The second-order valence-electron chi connectivity index (χ2n) is 5.85. The van der Waals surface area contributed by atoms with Gasteiger partial charge in [-0.1, -0.05) is 42.5 Å². The zero-order valence-corrected chi connectivity index (χ0v) is 15.7. The Hall–Kier alpha value is -2.51. The first-order chi connectivity index (χ1) is 12.4. The maximum Gasteiger partial charge on any atom is 0.338 e. The third kappa shape index (κ3) is 5.00. The Morgan fingerprint density at radius 1 is 1.08 bits per heavy atom. The SMILES string of the molecule is CS(=O)(=O)Cc1ccc(C(=O)OCc2csc(-c3ccccc3)n2)cc1. The standard InChI is InChI=1S/C19H17NO4S2/c1-26(22,23)13-14-7-9-16(10-8-14)19(21)24-11-17-12-25-18(20-17)15-5-3-2-4-6-15/h2-10,12H,11,13H2,1H3. The van der Waals surface area contributed by atoms with Crippen molar-refractivity contribution in [3.05, 3.63) is 76.8 Å². The third-order valence-corrected chi connectivity index (χ3v) is 5.34. The van der Waals surface area contributed by atoms with Crippen molar-refractivity contribution < 1.29 is 17.9 Å². The van der Waals surface area contributed by atoms with E-state index in [1.165, 1.54) is 17.6 Å². The summed E-state index contributed by atoms with van der Waals surface area (Å²) < 4.78 is 27.9. The van der Waals surface area contributed by atoms with Gasteiger partial charge in [-0.15, -0.1) is 11.3 Å². The molecule has 0 saturated carbocycles. The topological polar surface area (TPSA) is 73.3 Å². The molecule has 0 fully saturated rings. The molecule has 0 spiro atoms. The van der Waals surface area contributed by atoms with Crippen LogP contribution in [0.1, 0.15) is 21.6 Å². The van der Waals surface area contributed by atoms with Crippen LogP contribution in [-0.4, -0.2) is 25.6 Å². The van der Waals surface area contributed by atoms with Crippen molar-refractivity contribution in [2.75, 3.05) is 6.26 Å². The first kappa shape index (κ1) is 18.3. The van der Waals surface area contributed by atoms with Crippen LogP contribution in [0.25, 0.3) is 10.6 Å². The number of carbonyl (C=O) groups is 1. The third-order valence-electron chi connectivity index (χ3n) is 3.54. The van der Waals surface area contributed by atoms with Crippen molar-refractivity contribution in [1.29, 1.82) is 0 Å². The lowest BCUT2D eigenvalue weighted by atomic mass is 10.1. The Labute approximate surface area is 156 Å². The molecule has 0 atom stereocenters. The van der Waals surface area contributed by atoms with E-state index in [0.717, 1.165) is 10.6 Å². The lowest BCUT2D eigenvalue weighted by Gasteiger charge is -2.04. The summed E-state index contributed by atoms with van der Waals surface area (Å²) in [5.41, 5.74) is 2.73. The van der Waals surface area contributed by atoms with Gasteiger partial charge in [0, 0.05) is 17.2 Å². The summed E-state index contributed by atoms with van der Waals surface area (Å²) >= 11 is 1.50. The van der Waals surface area contributed by atoms with E-state index in [9.17, 15) is 13.2 Å². The number of benzene rings is 2. The monoisotopic (exact) mass is 387 g/mol. The minimum Gasteiger partial charge on any atom is -0.456 e. The summed E-state index contributed by atoms with van der Waals surface area (Å²) in [6.07, 6.45) is 1.17. The van der Waals surface area contributed by atoms with Crippen LogP contribution in [0, 0.1) is 0 Å². The number of hydrogen-bond acceptors (Lipinski definition) is 6. The highest BCUT2D eigenvalue weighted by atomic mass is 32.2. The number of hydrogen-bond donors (Lipinski definition) is 0. The van der Waals surface area contributed by atoms with Crippen LogP contribution in [0.3, 0.4) is 0 Å². The molecule has 0 amide bonds. The number of esters is 1. The van der Waals surface area contributed by atoms with Crippen LogP contribution in [0.5, 0.6) is 0 Å². The number of thiazole rings is 1. The fraction of sp³-hybridized carbons (Fsp3) is 0.158. The molecule has 26 heavy (non-hydrogen) atoms. The molecule has 134 valence electrons. The molecule has 0 aliphatic rings. The number of aromatic nitrogens is 1. The van der Waals surface area contributed by atoms with E-state index in [1.54, 1.807) is 24.3 Å². The fourth-order valence-electron chi connectivity index (χ4n) is 2.35. The van der Waals surface area contributed by atoms with Crippen LogP contribution in [0.4, 0.5) is 0 Å². The quantitative estimate of drug-likeness (QED) is 0.603. The molecule has 3 rings (SSSR count). The van der Waals surface area contributed by atoms with Gasteiger partial charge >= 0.3 is 5.97 Å². The normalized spacial score (nSPS) is 11.3. The zero-order valence-electron chi connectivity index (χ0n) is 14.1. The molecule has 0 saturated heterocycles. The molecule has 3 aromatic rings. The fourth-order valence-corrected chi connectivity index (χ4v) is 3.96. The number of sulfone groups is 1. The van der Waals surface area contributed by atoms with Gasteiger partial charge in [0.25, 0.3) is 0 Å². The summed E-state index contributed by atoms with van der Waals surface area (Å²) in [4.78, 5) is 16.6. The Bertz CT molecular complexity index is 994. The molecule has 0 unspecified atom stereocenters. The van der Waals surface area contributed by atoms with Crippen LogP contribution in [0.2, 0.25) is 0 Å². The first-order valence-electron chi connectivity index (χ1n) is 7.84. The van der Waals surface area contributed by atoms with Crippen molar-refractivity contribution in [2.24, 2.45) is 0 Å². The number of nitrogens with zero attached hydrogens (tertiary/aromatic N) is 1. The van der Waals surface area contributed by atoms with E-state index < -0.39 is 15.8 Å². The van der Waals surface area contributed by atoms with E-state index in [1.807, 2.05) is 35.7 Å². The smallest absolute Gasteiger partial charge is 0.338 e. The number of ether oxygens (including phenoxy) is 1. The summed E-state index contributed by atoms with van der Waals surface area (Å²) in [7, 11) is -3.10. The highest BCUT2D eigenvalue weighted by Gasteiger charge is 2.11. The van der Waals surface area contributed by atoms with Crippen molar-refractivity contribution in [1.82, 2.24) is 4.98 Å². The molecule has 2 aromatic carbocycles. The van der Waals surface area contributed by atoms with Gasteiger partial charge in [-0.05, 0) is 17.7 Å². The largest absolute Gasteiger partial charge is 0.456 e. The van der Waals surface area contributed by atoms with E-state index in [4.69, 9.17) is 4.74 Å². The van der Waals surface area contributed by atoms with Crippen LogP contribution in [0.15, 0.2) is 60.0 Å². The minimum absolute atomic E-state index is 0.0522. The molecule has 1 heterocycles. The average molecular weight is 387 g/mol. The van der Waals surface area contributed by atoms with Crippen LogP contribution < -0.4 is 0 Å². The van der Waals surface area contributed by atoms with Gasteiger partial charge in [-0.25, -0.2) is 18.2 Å². The van der Waals surface area contributed by atoms with Crippen molar-refractivity contribution in [3.63, 3.8) is 0 Å². The maximum atomic E-state index is 12.1. The predicted molar refractivity (Wildman–Crippen MR) is 102 cm³/mol. The van der Waals surface area contributed by atoms with Crippen molar-refractivity contribution in [3.8, 4) is 10.6 Å². The number of rotatable bonds is 6. The highest BCUT2D eigenvalue weighted by molar-refractivity contribution is 7.89. The van der Waals surface area contributed by atoms with Gasteiger partial charge in [0.15, 0.2) is 9.84 Å². The molecule has 0 radical (unpaired) electrons. The lowest BCUT2D eigenvalue weighted by Crippen LogP contribution is -2.06. The van der Waals surface area contributed by atoms with E-state index in [0.29, 0.717) is 16.8 Å². The van der Waals surface area contributed by atoms with E-state index >= 15 is 0 Å². The molecular formula is C19H17NO4S2. The highest BCUT2D eigenvalue weighted by Crippen LogP contribution is 2.23. The molecule has 1 aromatic heterocycles. The van der Waals surface area contributed by atoms with E-state index in [2.05, 4.69) is 4.98 Å². The molecule has 0 aliphatic carbocycles. The molecular weight excluding hydrogens is 370 g/mol. The summed E-state index contributed by atoms with van der Waals surface area (Å²) in [6.45, 7) is 0.0905. The lowest BCUT2D eigenvalue weighted by molar-refractivity contribution is 0.0468. The summed E-state index contributed by atoms with van der Waals surface area (Å²) in [5.74, 6) is -0.520. The summed E-state index contributed by atoms with van der Waals surface area (Å²) in [6, 6.07) is 16.2. The minimum atomic E-state index is -3.10. The molecule has 0 aliphatic heterocycles. The molecule has 5 nitrogen and oxygen atoms in total. The van der Waals surface area contributed by atoms with Gasteiger partial charge < -0.3 is 4.74 Å². The second-order valence-corrected chi connectivity index (χ2v) is 8.85. The Kier molecular flexibility index (Phi) is 5.49. The predicted octanol–water partition coefficient (Wildman–Crippen LogP) is 3.71. The van der Waals surface area contributed by atoms with Gasteiger partial charge in [0.05, 0.1) is 17.0 Å². The first-order valence-corrected chi connectivity index (χ1v) is 10.8. The van der Waals surface area contributed by atoms with Crippen LogP contribution >= 0.6 is 11.3 Å². The second kappa shape index (κ2) is 7.80. The number of carbonyl (C=O) groups excluding carboxylic acids is 1. The van der Waals surface area contributed by atoms with Crippen molar-refractivity contribution >= 4 is 27.1 Å². The Morgan fingerprint density at radius 2 is 1.77 bits per heavy atom. The van der Waals surface area contributed by atoms with Gasteiger partial charge in [-0.2, -0.15) is 0 Å². The zero-order chi connectivity index (χ0) is 18.6. The van der Waals surface area contributed by atoms with Crippen molar-refractivity contribution in [2.45, 2.75) is 12.4 Å². The maximum absolute atomic E-state index is 12.1. The van der Waals surface area contributed by atoms with Crippen LogP contribution in [-0.2, 0) is 26.9 Å². The molecule has 7 heteroatoms. The molecule has 0 bridgehead atoms. The van der Waals surface area contributed by atoms with E-state index in [-0.39, 0.29) is 12.4 Å².